The maximum absolute atomic E-state index is 12.6. The number of hydrogen-bond acceptors (Lipinski definition) is 7. The van der Waals surface area contributed by atoms with E-state index in [4.69, 9.17) is 15.2 Å². The lowest BCUT2D eigenvalue weighted by molar-refractivity contribution is -0.130. The summed E-state index contributed by atoms with van der Waals surface area (Å²) in [4.78, 5) is 27.6. The molecule has 3 aromatic rings. The topological polar surface area (TPSA) is 111 Å². The van der Waals surface area contributed by atoms with Crippen LogP contribution in [-0.2, 0) is 11.2 Å². The van der Waals surface area contributed by atoms with E-state index >= 15 is 0 Å². The van der Waals surface area contributed by atoms with Crippen LogP contribution in [-0.4, -0.2) is 44.0 Å². The first-order chi connectivity index (χ1) is 14.0. The molecule has 0 aromatic carbocycles. The summed E-state index contributed by atoms with van der Waals surface area (Å²) in [7, 11) is 0. The van der Waals surface area contributed by atoms with Gasteiger partial charge in [-0.15, -0.1) is 0 Å². The van der Waals surface area contributed by atoms with E-state index in [-0.39, 0.29) is 11.8 Å². The Balaban J connectivity index is 1.43. The average molecular weight is 392 g/mol. The molecule has 2 N–H and O–H groups in total. The van der Waals surface area contributed by atoms with Gasteiger partial charge in [0.25, 0.3) is 0 Å². The number of nitrogens with two attached hydrogens (primary N) is 1. The molecular formula is C21H24N6O2. The van der Waals surface area contributed by atoms with Crippen LogP contribution >= 0.6 is 0 Å². The summed E-state index contributed by atoms with van der Waals surface area (Å²) in [6.45, 7) is 5.17. The third-order valence-corrected chi connectivity index (χ3v) is 5.17. The van der Waals surface area contributed by atoms with E-state index in [1.165, 1.54) is 0 Å². The Morgan fingerprint density at radius 3 is 2.83 bits per heavy atom. The van der Waals surface area contributed by atoms with Crippen LogP contribution in [0.5, 0.6) is 0 Å². The second kappa shape index (κ2) is 7.98. The lowest BCUT2D eigenvalue weighted by Crippen LogP contribution is -2.28. The molecule has 4 heterocycles. The van der Waals surface area contributed by atoms with Gasteiger partial charge in [0.15, 0.2) is 5.82 Å². The second-order valence-electron chi connectivity index (χ2n) is 7.45. The smallest absolute Gasteiger partial charge is 0.227 e. The fourth-order valence-electron chi connectivity index (χ4n) is 3.69. The van der Waals surface area contributed by atoms with Gasteiger partial charge in [-0.25, -0.2) is 4.98 Å². The van der Waals surface area contributed by atoms with Crippen molar-refractivity contribution in [2.45, 2.75) is 39.0 Å². The fraction of sp³-hybridized carbons (Fsp3) is 0.381. The van der Waals surface area contributed by atoms with E-state index in [1.807, 2.05) is 24.0 Å². The van der Waals surface area contributed by atoms with Crippen LogP contribution in [0.2, 0.25) is 0 Å². The van der Waals surface area contributed by atoms with Gasteiger partial charge in [0.05, 0.1) is 0 Å². The Labute approximate surface area is 169 Å². The van der Waals surface area contributed by atoms with E-state index in [0.717, 1.165) is 35.5 Å². The zero-order chi connectivity index (χ0) is 20.4. The molecule has 1 atom stereocenters. The summed E-state index contributed by atoms with van der Waals surface area (Å²) in [5, 5.41) is 3.76. The summed E-state index contributed by atoms with van der Waals surface area (Å²) < 4.78 is 5.09. The van der Waals surface area contributed by atoms with Crippen LogP contribution in [0.1, 0.15) is 41.9 Å². The highest BCUT2D eigenvalue weighted by molar-refractivity contribution is 5.76. The molecule has 0 unspecified atom stereocenters. The second-order valence-corrected chi connectivity index (χ2v) is 7.45. The lowest BCUT2D eigenvalue weighted by atomic mass is 9.99. The van der Waals surface area contributed by atoms with Crippen molar-refractivity contribution in [3.8, 4) is 11.1 Å². The number of likely N-dealkylation sites (tertiary alicyclic amines) is 1. The number of amides is 1. The largest absolute Gasteiger partial charge is 0.384 e. The minimum Gasteiger partial charge on any atom is -0.384 e. The van der Waals surface area contributed by atoms with Gasteiger partial charge in [-0.2, -0.15) is 4.98 Å². The molecule has 8 nitrogen and oxygen atoms in total. The average Bonchev–Trinajstić information content (AvgIpc) is 3.35. The lowest BCUT2D eigenvalue weighted by Gasteiger charge is -2.16. The Kier molecular flexibility index (Phi) is 5.24. The quantitative estimate of drug-likeness (QED) is 0.710. The number of aryl methyl sites for hydroxylation is 3. The van der Waals surface area contributed by atoms with Crippen molar-refractivity contribution in [3.63, 3.8) is 0 Å². The number of nitrogens with zero attached hydrogens (tertiary/aromatic N) is 5. The molecule has 8 heteroatoms. The molecule has 1 saturated heterocycles. The highest BCUT2D eigenvalue weighted by atomic mass is 16.5. The molecule has 150 valence electrons. The molecule has 29 heavy (non-hydrogen) atoms. The molecule has 1 amide bonds. The van der Waals surface area contributed by atoms with Gasteiger partial charge < -0.3 is 15.2 Å². The van der Waals surface area contributed by atoms with Crippen molar-refractivity contribution in [1.29, 1.82) is 0 Å². The summed E-state index contributed by atoms with van der Waals surface area (Å²) in [5.74, 6) is 1.93. The molecular weight excluding hydrogens is 368 g/mol. The SMILES string of the molecule is Cc1cc(-c2ccc(N)nc2)cc([C@H]2CCN(C(=O)CCc3nc(C)no3)C2)n1. The standard InChI is InChI=1S/C21H24N6O2/c1-13-9-17(15-3-4-19(22)23-11-15)10-18(24-13)16-7-8-27(12-16)21(28)6-5-20-25-14(2)26-29-20/h3-4,9-11,16H,5-8,12H2,1-2H3,(H2,22,23)/t16-/m0/s1. The monoisotopic (exact) mass is 392 g/mol. The zero-order valence-corrected chi connectivity index (χ0v) is 16.6. The highest BCUT2D eigenvalue weighted by Gasteiger charge is 2.28. The van der Waals surface area contributed by atoms with Gasteiger partial charge in [0.1, 0.15) is 5.82 Å². The first kappa shape index (κ1) is 19.0. The third kappa shape index (κ3) is 4.42. The van der Waals surface area contributed by atoms with E-state index in [1.54, 1.807) is 19.2 Å². The van der Waals surface area contributed by atoms with Crippen LogP contribution in [0.25, 0.3) is 11.1 Å². The summed E-state index contributed by atoms with van der Waals surface area (Å²) >= 11 is 0. The molecule has 0 saturated carbocycles. The molecule has 0 bridgehead atoms. The van der Waals surface area contributed by atoms with Gasteiger partial charge >= 0.3 is 0 Å². The van der Waals surface area contributed by atoms with Crippen molar-refractivity contribution in [2.24, 2.45) is 0 Å². The number of carbonyl (C=O) groups excluding carboxylic acids is 1. The highest BCUT2D eigenvalue weighted by Crippen LogP contribution is 2.30. The van der Waals surface area contributed by atoms with E-state index in [9.17, 15) is 4.79 Å². The van der Waals surface area contributed by atoms with E-state index in [2.05, 4.69) is 21.2 Å². The predicted octanol–water partition coefficient (Wildman–Crippen LogP) is 2.67. The van der Waals surface area contributed by atoms with Crippen LogP contribution in [0.3, 0.4) is 0 Å². The van der Waals surface area contributed by atoms with Crippen LogP contribution in [0, 0.1) is 13.8 Å². The Hall–Kier alpha value is -3.29. The molecule has 3 aromatic heterocycles. The zero-order valence-electron chi connectivity index (χ0n) is 16.6. The normalized spacial score (nSPS) is 16.3. The van der Waals surface area contributed by atoms with Gasteiger partial charge in [-0.1, -0.05) is 5.16 Å². The third-order valence-electron chi connectivity index (χ3n) is 5.17. The molecule has 0 aliphatic carbocycles. The Morgan fingerprint density at radius 1 is 1.24 bits per heavy atom. The fourth-order valence-corrected chi connectivity index (χ4v) is 3.69. The van der Waals surface area contributed by atoms with Crippen molar-refractivity contribution in [2.75, 3.05) is 18.8 Å². The van der Waals surface area contributed by atoms with Gasteiger partial charge in [0.2, 0.25) is 11.8 Å². The van der Waals surface area contributed by atoms with Crippen LogP contribution in [0.4, 0.5) is 5.82 Å². The number of nitrogen functional groups attached to an aromatic ring is 1. The molecule has 0 spiro atoms. The molecule has 1 aliphatic rings. The predicted molar refractivity (Wildman–Crippen MR) is 108 cm³/mol. The van der Waals surface area contributed by atoms with Crippen molar-refractivity contribution >= 4 is 11.7 Å². The molecule has 1 fully saturated rings. The number of anilines is 1. The van der Waals surface area contributed by atoms with E-state index in [0.29, 0.717) is 36.9 Å². The Morgan fingerprint density at radius 2 is 2.10 bits per heavy atom. The maximum atomic E-state index is 12.6. The van der Waals surface area contributed by atoms with Gasteiger partial charge in [-0.05, 0) is 50.1 Å². The van der Waals surface area contributed by atoms with Crippen molar-refractivity contribution in [3.05, 3.63) is 53.6 Å². The first-order valence-electron chi connectivity index (χ1n) is 9.75. The summed E-state index contributed by atoms with van der Waals surface area (Å²) in [5.41, 5.74) is 9.73. The number of carbonyl (C=O) groups is 1. The molecule has 4 rings (SSSR count). The first-order valence-corrected chi connectivity index (χ1v) is 9.75. The van der Waals surface area contributed by atoms with Crippen molar-refractivity contribution < 1.29 is 9.32 Å². The molecule has 0 radical (unpaired) electrons. The summed E-state index contributed by atoms with van der Waals surface area (Å²) in [6.07, 6.45) is 3.52. The number of hydrogen-bond donors (Lipinski definition) is 1. The Bertz CT molecular complexity index is 1010. The van der Waals surface area contributed by atoms with Gasteiger partial charge in [0, 0.05) is 55.0 Å². The summed E-state index contributed by atoms with van der Waals surface area (Å²) in [6, 6.07) is 7.90. The van der Waals surface area contributed by atoms with Crippen LogP contribution < -0.4 is 5.73 Å². The number of pyridine rings is 2. The number of aromatic nitrogens is 4. The number of rotatable bonds is 5. The minimum atomic E-state index is 0.110. The maximum Gasteiger partial charge on any atom is 0.227 e. The van der Waals surface area contributed by atoms with Crippen molar-refractivity contribution in [1.82, 2.24) is 25.0 Å². The van der Waals surface area contributed by atoms with Crippen LogP contribution in [0.15, 0.2) is 35.0 Å². The van der Waals surface area contributed by atoms with E-state index < -0.39 is 0 Å². The van der Waals surface area contributed by atoms with Gasteiger partial charge in [-0.3, -0.25) is 9.78 Å². The minimum absolute atomic E-state index is 0.110. The molecule has 1 aliphatic heterocycles.